The van der Waals surface area contributed by atoms with Crippen molar-refractivity contribution in [1.29, 1.82) is 0 Å². The van der Waals surface area contributed by atoms with Gasteiger partial charge in [-0.15, -0.1) is 0 Å². The van der Waals surface area contributed by atoms with Crippen LogP contribution in [0.1, 0.15) is 30.5 Å². The number of hydrogen-bond acceptors (Lipinski definition) is 6. The first-order chi connectivity index (χ1) is 17.3. The second-order valence-electron chi connectivity index (χ2n) is 9.01. The molecule has 12 nitrogen and oxygen atoms in total. The van der Waals surface area contributed by atoms with Crippen LogP contribution in [-0.2, 0) is 32.1 Å². The second-order valence-corrected chi connectivity index (χ2v) is 9.01. The van der Waals surface area contributed by atoms with E-state index in [-0.39, 0.29) is 19.4 Å². The summed E-state index contributed by atoms with van der Waals surface area (Å²) in [4.78, 5) is 74.8. The van der Waals surface area contributed by atoms with Crippen molar-refractivity contribution >= 4 is 29.7 Å². The molecule has 0 bridgehead atoms. The van der Waals surface area contributed by atoms with Crippen LogP contribution in [-0.4, -0.2) is 86.0 Å². The van der Waals surface area contributed by atoms with E-state index in [0.717, 1.165) is 10.5 Å². The van der Waals surface area contributed by atoms with Gasteiger partial charge in [-0.25, -0.2) is 9.78 Å². The first kappa shape index (κ1) is 24.9. The number of amides is 6. The second kappa shape index (κ2) is 10.6. The number of aromatic amines is 1. The number of H-pyrrole nitrogens is 1. The Morgan fingerprint density at radius 3 is 2.61 bits per heavy atom. The number of likely N-dealkylation sites (tertiary alicyclic amines) is 1. The topological polar surface area (TPSA) is 162 Å². The number of primary amides is 1. The number of nitrogens with two attached hydrogens (primary N) is 1. The molecule has 4 N–H and O–H groups in total. The lowest BCUT2D eigenvalue weighted by Gasteiger charge is -2.38. The third kappa shape index (κ3) is 5.21. The molecule has 3 heterocycles. The fourth-order valence-corrected chi connectivity index (χ4v) is 4.64. The minimum Gasteiger partial charge on any atom is -0.368 e. The van der Waals surface area contributed by atoms with Crippen LogP contribution >= 0.6 is 0 Å². The largest absolute Gasteiger partial charge is 0.368 e. The van der Waals surface area contributed by atoms with Gasteiger partial charge in [0.05, 0.1) is 19.3 Å². The predicted octanol–water partition coefficient (Wildman–Crippen LogP) is -0.234. The molecule has 2 aliphatic heterocycles. The lowest BCUT2D eigenvalue weighted by Crippen LogP contribution is -2.62. The van der Waals surface area contributed by atoms with Crippen molar-refractivity contribution in [1.82, 2.24) is 30.0 Å². The average Bonchev–Trinajstić information content (AvgIpc) is 3.56. The Labute approximate surface area is 207 Å². The highest BCUT2D eigenvalue weighted by molar-refractivity contribution is 6.03. The first-order valence-electron chi connectivity index (χ1n) is 11.7. The van der Waals surface area contributed by atoms with Crippen molar-refractivity contribution in [2.45, 2.75) is 50.4 Å². The summed E-state index contributed by atoms with van der Waals surface area (Å²) in [5.41, 5.74) is 6.86. The normalized spacial score (nSPS) is 21.0. The summed E-state index contributed by atoms with van der Waals surface area (Å²) >= 11 is 0. The van der Waals surface area contributed by atoms with Gasteiger partial charge in [0.15, 0.2) is 0 Å². The van der Waals surface area contributed by atoms with E-state index in [1.807, 2.05) is 30.3 Å². The maximum absolute atomic E-state index is 13.4. The van der Waals surface area contributed by atoms with Gasteiger partial charge in [0.1, 0.15) is 18.1 Å². The molecule has 6 amide bonds. The first-order valence-corrected chi connectivity index (χ1v) is 11.7. The summed E-state index contributed by atoms with van der Waals surface area (Å²) < 4.78 is 0. The predicted molar refractivity (Wildman–Crippen MR) is 127 cm³/mol. The number of benzene rings is 1. The van der Waals surface area contributed by atoms with E-state index in [9.17, 15) is 24.0 Å². The highest BCUT2D eigenvalue weighted by atomic mass is 16.2. The zero-order chi connectivity index (χ0) is 25.8. The van der Waals surface area contributed by atoms with Crippen LogP contribution in [0.4, 0.5) is 4.79 Å². The molecule has 36 heavy (non-hydrogen) atoms. The highest BCUT2D eigenvalue weighted by Crippen LogP contribution is 2.21. The molecule has 1 aromatic carbocycles. The molecule has 0 spiro atoms. The summed E-state index contributed by atoms with van der Waals surface area (Å²) in [6.07, 6.45) is 3.93. The number of imidazole rings is 1. The fraction of sp³-hybridized carbons (Fsp3) is 0.417. The third-order valence-corrected chi connectivity index (χ3v) is 6.61. The van der Waals surface area contributed by atoms with E-state index in [1.165, 1.54) is 29.4 Å². The van der Waals surface area contributed by atoms with Crippen molar-refractivity contribution in [2.24, 2.45) is 5.73 Å². The summed E-state index contributed by atoms with van der Waals surface area (Å²) in [7, 11) is 1.45. The minimum atomic E-state index is -1.08. The van der Waals surface area contributed by atoms with Crippen LogP contribution in [0, 0.1) is 0 Å². The summed E-state index contributed by atoms with van der Waals surface area (Å²) in [6.45, 7) is 0.443. The van der Waals surface area contributed by atoms with Gasteiger partial charge in [0, 0.05) is 31.9 Å². The van der Waals surface area contributed by atoms with Crippen molar-refractivity contribution in [3.05, 3.63) is 54.1 Å². The number of carbonyl (C=O) groups excluding carboxylic acids is 5. The molecular weight excluding hydrogens is 466 g/mol. The van der Waals surface area contributed by atoms with Crippen molar-refractivity contribution in [3.8, 4) is 0 Å². The third-order valence-electron chi connectivity index (χ3n) is 6.61. The zero-order valence-corrected chi connectivity index (χ0v) is 19.9. The van der Waals surface area contributed by atoms with Gasteiger partial charge in [-0.05, 0) is 18.4 Å². The molecule has 1 aromatic heterocycles. The van der Waals surface area contributed by atoms with Gasteiger partial charge in [-0.1, -0.05) is 30.3 Å². The molecule has 3 atom stereocenters. The molecule has 0 radical (unpaired) electrons. The zero-order valence-electron chi connectivity index (χ0n) is 19.9. The maximum Gasteiger partial charge on any atom is 0.327 e. The Morgan fingerprint density at radius 1 is 1.19 bits per heavy atom. The average molecular weight is 496 g/mol. The minimum absolute atomic E-state index is 0.0883. The molecule has 190 valence electrons. The lowest BCUT2D eigenvalue weighted by atomic mass is 10.0. The quantitative estimate of drug-likeness (QED) is 0.458. The number of aromatic nitrogens is 2. The van der Waals surface area contributed by atoms with Crippen molar-refractivity contribution < 1.29 is 24.0 Å². The molecule has 4 rings (SSSR count). The molecule has 12 heteroatoms. The van der Waals surface area contributed by atoms with Crippen LogP contribution in [0.5, 0.6) is 0 Å². The van der Waals surface area contributed by atoms with Gasteiger partial charge >= 0.3 is 6.03 Å². The number of nitrogens with one attached hydrogen (secondary N) is 2. The molecule has 2 aromatic rings. The van der Waals surface area contributed by atoms with E-state index < -0.39 is 47.8 Å². The lowest BCUT2D eigenvalue weighted by molar-refractivity contribution is -0.143. The van der Waals surface area contributed by atoms with Crippen molar-refractivity contribution in [3.63, 3.8) is 0 Å². The number of likely N-dealkylation sites (N-methyl/N-ethyl adjacent to an activating group) is 1. The van der Waals surface area contributed by atoms with Gasteiger partial charge < -0.3 is 25.8 Å². The fourth-order valence-electron chi connectivity index (χ4n) is 4.64. The number of carbonyl (C=O) groups is 5. The number of nitrogens with zero attached hydrogens (tertiary/aromatic N) is 4. The number of imide groups is 1. The van der Waals surface area contributed by atoms with E-state index in [2.05, 4.69) is 15.3 Å². The molecule has 0 unspecified atom stereocenters. The molecule has 2 aliphatic rings. The highest BCUT2D eigenvalue weighted by Gasteiger charge is 2.42. The van der Waals surface area contributed by atoms with Crippen LogP contribution in [0.25, 0.3) is 0 Å². The maximum atomic E-state index is 13.4. The SMILES string of the molecule is CN1C(=O)N(Cc2ccccc2)C(=O)C[C@@H]1C(=O)N[C@@H](Cc1cnc[nH]1)C(=O)N1CCC[C@H]1C(N)=O. The monoisotopic (exact) mass is 495 g/mol. The Hall–Kier alpha value is -4.22. The van der Waals surface area contributed by atoms with E-state index in [4.69, 9.17) is 5.73 Å². The Kier molecular flexibility index (Phi) is 7.32. The van der Waals surface area contributed by atoms with Crippen LogP contribution in [0.2, 0.25) is 0 Å². The molecular formula is C24H29N7O5. The van der Waals surface area contributed by atoms with Gasteiger partial charge in [0.2, 0.25) is 23.6 Å². The van der Waals surface area contributed by atoms with Gasteiger partial charge in [-0.3, -0.25) is 24.1 Å². The van der Waals surface area contributed by atoms with Crippen LogP contribution in [0.3, 0.4) is 0 Å². The van der Waals surface area contributed by atoms with Gasteiger partial charge in [-0.2, -0.15) is 0 Å². The van der Waals surface area contributed by atoms with E-state index in [0.29, 0.717) is 25.1 Å². The Balaban J connectivity index is 1.49. The number of rotatable bonds is 8. The molecule has 2 saturated heterocycles. The van der Waals surface area contributed by atoms with E-state index in [1.54, 1.807) is 0 Å². The smallest absolute Gasteiger partial charge is 0.327 e. The summed E-state index contributed by atoms with van der Waals surface area (Å²) in [6, 6.07) is 5.61. The number of hydrogen-bond donors (Lipinski definition) is 3. The van der Waals surface area contributed by atoms with Crippen molar-refractivity contribution in [2.75, 3.05) is 13.6 Å². The molecule has 0 aliphatic carbocycles. The molecule has 0 saturated carbocycles. The van der Waals surface area contributed by atoms with Crippen LogP contribution in [0.15, 0.2) is 42.9 Å². The number of urea groups is 1. The van der Waals surface area contributed by atoms with Crippen LogP contribution < -0.4 is 11.1 Å². The summed E-state index contributed by atoms with van der Waals surface area (Å²) in [5.74, 6) is -2.17. The Morgan fingerprint density at radius 2 is 1.94 bits per heavy atom. The summed E-state index contributed by atoms with van der Waals surface area (Å²) in [5, 5.41) is 2.70. The van der Waals surface area contributed by atoms with Gasteiger partial charge in [0.25, 0.3) is 0 Å². The Bertz CT molecular complexity index is 1140. The standard InChI is InChI=1S/C24H29N7O5/c1-29-19(11-20(32)31(24(29)36)13-15-6-3-2-4-7-15)22(34)28-17(10-16-12-26-14-27-16)23(35)30-9-5-8-18(30)21(25)33/h2-4,6-7,12,14,17-19H,5,8-11,13H2,1H3,(H2,25,33)(H,26,27)(H,28,34)/t17-,18-,19+/m0/s1. The molecule has 2 fully saturated rings. The van der Waals surface area contributed by atoms with E-state index >= 15 is 0 Å².